The summed E-state index contributed by atoms with van der Waals surface area (Å²) in [5, 5.41) is 2.06. The Morgan fingerprint density at radius 1 is 1.35 bits per heavy atom. The van der Waals surface area contributed by atoms with E-state index in [0.717, 1.165) is 13.0 Å². The number of urea groups is 1. The minimum atomic E-state index is -0.815. The zero-order chi connectivity index (χ0) is 13.5. The number of imide groups is 1. The fourth-order valence-electron chi connectivity index (χ4n) is 1.58. The van der Waals surface area contributed by atoms with Crippen LogP contribution in [-0.4, -0.2) is 43.0 Å². The quantitative estimate of drug-likeness (QED) is 0.581. The van der Waals surface area contributed by atoms with Gasteiger partial charge in [-0.1, -0.05) is 20.8 Å². The molecule has 0 saturated heterocycles. The first-order valence-corrected chi connectivity index (χ1v) is 5.82. The number of rotatable bonds is 7. The Labute approximate surface area is 103 Å². The second-order valence-electron chi connectivity index (χ2n) is 4.99. The summed E-state index contributed by atoms with van der Waals surface area (Å²) in [6.07, 6.45) is 0.935. The lowest BCUT2D eigenvalue weighted by atomic mass is 9.93. The van der Waals surface area contributed by atoms with E-state index in [9.17, 15) is 9.59 Å². The summed E-state index contributed by atoms with van der Waals surface area (Å²) >= 11 is 0. The van der Waals surface area contributed by atoms with Gasteiger partial charge in [0.1, 0.15) is 0 Å². The molecule has 0 saturated carbocycles. The predicted molar refractivity (Wildman–Crippen MR) is 67.3 cm³/mol. The van der Waals surface area contributed by atoms with E-state index in [1.165, 1.54) is 0 Å². The molecule has 0 atom stereocenters. The maximum Gasteiger partial charge on any atom is 0.318 e. The molecule has 3 amide bonds. The van der Waals surface area contributed by atoms with E-state index >= 15 is 0 Å². The van der Waals surface area contributed by atoms with Gasteiger partial charge in [0.15, 0.2) is 0 Å². The van der Waals surface area contributed by atoms with Gasteiger partial charge < -0.3 is 11.5 Å². The first-order valence-electron chi connectivity index (χ1n) is 5.82. The molecule has 0 aromatic carbocycles. The molecule has 0 heterocycles. The molecule has 0 rings (SSSR count). The number of carbonyl (C=O) groups is 2. The molecule has 6 nitrogen and oxygen atoms in total. The number of carbonyl (C=O) groups excluding carboxylic acids is 2. The minimum absolute atomic E-state index is 0.0534. The molecule has 5 N–H and O–H groups in total. The molecule has 0 fully saturated rings. The van der Waals surface area contributed by atoms with Crippen LogP contribution in [0.1, 0.15) is 27.2 Å². The highest BCUT2D eigenvalue weighted by Crippen LogP contribution is 2.14. The molecule has 0 aliphatic carbocycles. The van der Waals surface area contributed by atoms with Gasteiger partial charge in [-0.25, -0.2) is 4.79 Å². The number of hydrogen-bond donors (Lipinski definition) is 3. The molecule has 0 radical (unpaired) electrons. The van der Waals surface area contributed by atoms with Gasteiger partial charge in [0.05, 0.1) is 6.54 Å². The number of amides is 3. The summed E-state index contributed by atoms with van der Waals surface area (Å²) in [7, 11) is 0. The molecule has 17 heavy (non-hydrogen) atoms. The predicted octanol–water partition coefficient (Wildman–Crippen LogP) is -0.122. The van der Waals surface area contributed by atoms with Crippen LogP contribution < -0.4 is 16.8 Å². The Hall–Kier alpha value is -1.14. The van der Waals surface area contributed by atoms with Crippen molar-refractivity contribution in [2.75, 3.05) is 26.2 Å². The molecule has 0 unspecified atom stereocenters. The Bertz CT molecular complexity index is 266. The molecular formula is C11H24N4O2. The molecule has 0 aliphatic heterocycles. The maximum atomic E-state index is 11.4. The lowest BCUT2D eigenvalue weighted by molar-refractivity contribution is -0.121. The number of nitrogens with zero attached hydrogens (tertiary/aromatic N) is 1. The van der Waals surface area contributed by atoms with E-state index in [2.05, 4.69) is 5.32 Å². The van der Waals surface area contributed by atoms with Gasteiger partial charge in [0.25, 0.3) is 0 Å². The van der Waals surface area contributed by atoms with Crippen molar-refractivity contribution in [3.05, 3.63) is 0 Å². The zero-order valence-corrected chi connectivity index (χ0v) is 11.0. The monoisotopic (exact) mass is 244 g/mol. The third-order valence-electron chi connectivity index (χ3n) is 2.37. The Morgan fingerprint density at radius 2 is 1.94 bits per heavy atom. The fourth-order valence-corrected chi connectivity index (χ4v) is 1.58. The van der Waals surface area contributed by atoms with Gasteiger partial charge in [0, 0.05) is 6.54 Å². The number of nitrogens with one attached hydrogen (secondary N) is 1. The van der Waals surface area contributed by atoms with Crippen molar-refractivity contribution in [2.45, 2.75) is 27.2 Å². The van der Waals surface area contributed by atoms with Crippen LogP contribution in [0.25, 0.3) is 0 Å². The second-order valence-corrected chi connectivity index (χ2v) is 4.99. The van der Waals surface area contributed by atoms with E-state index in [4.69, 9.17) is 11.5 Å². The summed E-state index contributed by atoms with van der Waals surface area (Å²) in [6, 6.07) is -0.815. The van der Waals surface area contributed by atoms with E-state index in [0.29, 0.717) is 13.1 Å². The van der Waals surface area contributed by atoms with Crippen LogP contribution >= 0.6 is 0 Å². The first kappa shape index (κ1) is 15.9. The van der Waals surface area contributed by atoms with Gasteiger partial charge in [-0.15, -0.1) is 0 Å². The van der Waals surface area contributed by atoms with Crippen LogP contribution in [0.15, 0.2) is 0 Å². The standard InChI is InChI=1S/C11H24N4O2/c1-4-5-15(8-11(2,3)7-12)6-9(16)14-10(13)17/h4-8,12H2,1-3H3,(H3,13,14,16,17). The van der Waals surface area contributed by atoms with Gasteiger partial charge in [-0.2, -0.15) is 0 Å². The normalized spacial score (nSPS) is 11.6. The maximum absolute atomic E-state index is 11.4. The first-order chi connectivity index (χ1) is 7.80. The Kier molecular flexibility index (Phi) is 6.75. The van der Waals surface area contributed by atoms with E-state index < -0.39 is 6.03 Å². The zero-order valence-electron chi connectivity index (χ0n) is 11.0. The molecular weight excluding hydrogens is 220 g/mol. The van der Waals surface area contributed by atoms with Crippen molar-refractivity contribution in [2.24, 2.45) is 16.9 Å². The van der Waals surface area contributed by atoms with E-state index in [1.54, 1.807) is 0 Å². The van der Waals surface area contributed by atoms with Gasteiger partial charge in [0.2, 0.25) is 5.91 Å². The van der Waals surface area contributed by atoms with Crippen LogP contribution in [0.5, 0.6) is 0 Å². The third kappa shape index (κ3) is 7.70. The third-order valence-corrected chi connectivity index (χ3v) is 2.37. The van der Waals surface area contributed by atoms with Crippen molar-refractivity contribution in [1.29, 1.82) is 0 Å². The summed E-state index contributed by atoms with van der Waals surface area (Å²) in [6.45, 7) is 8.34. The molecule has 0 spiro atoms. The summed E-state index contributed by atoms with van der Waals surface area (Å²) in [5.41, 5.74) is 10.5. The lowest BCUT2D eigenvalue weighted by Crippen LogP contribution is -2.46. The van der Waals surface area contributed by atoms with Crippen molar-refractivity contribution < 1.29 is 9.59 Å². The molecule has 6 heteroatoms. The van der Waals surface area contributed by atoms with Crippen molar-refractivity contribution >= 4 is 11.9 Å². The Balaban J connectivity index is 4.33. The highest BCUT2D eigenvalue weighted by molar-refractivity contribution is 5.94. The van der Waals surface area contributed by atoms with E-state index in [1.807, 2.05) is 25.7 Å². The van der Waals surface area contributed by atoms with Crippen molar-refractivity contribution in [3.8, 4) is 0 Å². The second kappa shape index (κ2) is 7.24. The van der Waals surface area contributed by atoms with E-state index in [-0.39, 0.29) is 17.9 Å². The number of primary amides is 1. The van der Waals surface area contributed by atoms with Crippen molar-refractivity contribution in [3.63, 3.8) is 0 Å². The summed E-state index contributed by atoms with van der Waals surface area (Å²) in [5.74, 6) is -0.376. The van der Waals surface area contributed by atoms with Crippen LogP contribution in [0.2, 0.25) is 0 Å². The molecule has 0 bridgehead atoms. The van der Waals surface area contributed by atoms with Gasteiger partial charge in [-0.3, -0.25) is 15.0 Å². The highest BCUT2D eigenvalue weighted by Gasteiger charge is 2.21. The molecule has 0 aromatic rings. The average molecular weight is 244 g/mol. The SMILES string of the molecule is CCCN(CC(=O)NC(N)=O)CC(C)(C)CN. The van der Waals surface area contributed by atoms with Crippen molar-refractivity contribution in [1.82, 2.24) is 10.2 Å². The summed E-state index contributed by atoms with van der Waals surface area (Å²) in [4.78, 5) is 23.9. The smallest absolute Gasteiger partial charge is 0.318 e. The average Bonchev–Trinajstić information content (AvgIpc) is 2.15. The fraction of sp³-hybridized carbons (Fsp3) is 0.818. The van der Waals surface area contributed by atoms with Gasteiger partial charge in [-0.05, 0) is 24.9 Å². The van der Waals surface area contributed by atoms with Crippen LogP contribution in [0.4, 0.5) is 4.79 Å². The minimum Gasteiger partial charge on any atom is -0.351 e. The van der Waals surface area contributed by atoms with Crippen LogP contribution in [-0.2, 0) is 4.79 Å². The van der Waals surface area contributed by atoms with Crippen LogP contribution in [0, 0.1) is 5.41 Å². The Morgan fingerprint density at radius 3 is 2.35 bits per heavy atom. The lowest BCUT2D eigenvalue weighted by Gasteiger charge is -2.31. The largest absolute Gasteiger partial charge is 0.351 e. The summed E-state index contributed by atoms with van der Waals surface area (Å²) < 4.78 is 0. The van der Waals surface area contributed by atoms with Gasteiger partial charge >= 0.3 is 6.03 Å². The highest BCUT2D eigenvalue weighted by atomic mass is 16.2. The number of nitrogens with two attached hydrogens (primary N) is 2. The number of hydrogen-bond acceptors (Lipinski definition) is 4. The van der Waals surface area contributed by atoms with Crippen LogP contribution in [0.3, 0.4) is 0 Å². The molecule has 100 valence electrons. The molecule has 0 aliphatic rings. The topological polar surface area (TPSA) is 101 Å². The molecule has 0 aromatic heterocycles.